The fourth-order valence-electron chi connectivity index (χ4n) is 2.92. The molecule has 4 aromatic rings. The number of hydrogen-bond donors (Lipinski definition) is 1. The van der Waals surface area contributed by atoms with E-state index >= 15 is 0 Å². The third-order valence-electron chi connectivity index (χ3n) is 4.28. The van der Waals surface area contributed by atoms with E-state index in [9.17, 15) is 9.65 Å². The van der Waals surface area contributed by atoms with Crippen LogP contribution in [0.15, 0.2) is 67.3 Å². The molecule has 0 amide bonds. The van der Waals surface area contributed by atoms with Crippen LogP contribution in [0.3, 0.4) is 0 Å². The summed E-state index contributed by atoms with van der Waals surface area (Å²) in [5.74, 6) is 0.409. The van der Waals surface area contributed by atoms with Gasteiger partial charge in [-0.1, -0.05) is 12.1 Å². The maximum Gasteiger partial charge on any atom is 0.152 e. The first-order valence-corrected chi connectivity index (χ1v) is 8.71. The molecule has 0 radical (unpaired) electrons. The highest BCUT2D eigenvalue weighted by molar-refractivity contribution is 5.63. The van der Waals surface area contributed by atoms with Crippen LogP contribution in [0.1, 0.15) is 16.8 Å². The van der Waals surface area contributed by atoms with Gasteiger partial charge in [0.1, 0.15) is 11.9 Å². The van der Waals surface area contributed by atoms with Gasteiger partial charge in [0.2, 0.25) is 0 Å². The summed E-state index contributed by atoms with van der Waals surface area (Å²) < 4.78 is 16.6. The lowest BCUT2D eigenvalue weighted by molar-refractivity contribution is 0.624. The third kappa shape index (κ3) is 3.76. The van der Waals surface area contributed by atoms with Crippen molar-refractivity contribution in [1.29, 1.82) is 5.26 Å². The first-order chi connectivity index (χ1) is 13.6. The fourth-order valence-corrected chi connectivity index (χ4v) is 2.92. The number of anilines is 2. The molecule has 2 heterocycles. The van der Waals surface area contributed by atoms with Crippen LogP contribution < -0.4 is 5.32 Å². The van der Waals surface area contributed by atoms with Crippen molar-refractivity contribution < 1.29 is 4.39 Å². The smallest absolute Gasteiger partial charge is 0.152 e. The van der Waals surface area contributed by atoms with Crippen molar-refractivity contribution in [3.8, 4) is 11.8 Å². The van der Waals surface area contributed by atoms with Gasteiger partial charge >= 0.3 is 0 Å². The number of halogens is 1. The number of aromatic nitrogens is 4. The van der Waals surface area contributed by atoms with E-state index in [1.54, 1.807) is 29.2 Å². The normalized spacial score (nSPS) is 10.6. The van der Waals surface area contributed by atoms with E-state index in [1.807, 2.05) is 42.1 Å². The second kappa shape index (κ2) is 7.37. The molecular formula is C21H17FN6. The molecule has 0 bridgehead atoms. The molecule has 0 spiro atoms. The molecule has 0 aliphatic heterocycles. The molecule has 28 heavy (non-hydrogen) atoms. The molecule has 0 aliphatic rings. The summed E-state index contributed by atoms with van der Waals surface area (Å²) in [6, 6.07) is 16.0. The second-order valence-corrected chi connectivity index (χ2v) is 6.42. The van der Waals surface area contributed by atoms with Gasteiger partial charge in [0.05, 0.1) is 29.8 Å². The van der Waals surface area contributed by atoms with Crippen LogP contribution >= 0.6 is 0 Å². The SMILES string of the molecule is Cc1cn(-c2ccc(Nc3ccn(Cc4ccc(F)cc4)n3)cc2C#N)cn1. The Morgan fingerprint density at radius 1 is 1.14 bits per heavy atom. The molecule has 0 atom stereocenters. The highest BCUT2D eigenvalue weighted by Gasteiger charge is 2.08. The monoisotopic (exact) mass is 372 g/mol. The number of aryl methyl sites for hydroxylation is 1. The molecule has 2 aromatic carbocycles. The maximum atomic E-state index is 13.0. The Labute approximate surface area is 161 Å². The van der Waals surface area contributed by atoms with E-state index in [2.05, 4.69) is 21.5 Å². The molecule has 7 heteroatoms. The van der Waals surface area contributed by atoms with Crippen molar-refractivity contribution in [2.75, 3.05) is 5.32 Å². The average Bonchev–Trinajstić information content (AvgIpc) is 3.32. The van der Waals surface area contributed by atoms with Crippen LogP contribution in [-0.2, 0) is 6.54 Å². The molecule has 0 aliphatic carbocycles. The number of hydrogen-bond acceptors (Lipinski definition) is 4. The summed E-state index contributed by atoms with van der Waals surface area (Å²) in [5.41, 5.74) is 3.92. The zero-order valence-corrected chi connectivity index (χ0v) is 15.2. The van der Waals surface area contributed by atoms with Gasteiger partial charge in [0.15, 0.2) is 5.82 Å². The summed E-state index contributed by atoms with van der Waals surface area (Å²) in [4.78, 5) is 4.20. The Bertz CT molecular complexity index is 1150. The van der Waals surface area contributed by atoms with Gasteiger partial charge in [-0.05, 0) is 42.8 Å². The minimum absolute atomic E-state index is 0.255. The fraction of sp³-hybridized carbons (Fsp3) is 0.0952. The van der Waals surface area contributed by atoms with E-state index in [4.69, 9.17) is 0 Å². The van der Waals surface area contributed by atoms with Crippen molar-refractivity contribution in [3.63, 3.8) is 0 Å². The Morgan fingerprint density at radius 2 is 1.96 bits per heavy atom. The summed E-state index contributed by atoms with van der Waals surface area (Å²) in [5, 5.41) is 17.2. The van der Waals surface area contributed by atoms with Crippen molar-refractivity contribution in [1.82, 2.24) is 19.3 Å². The van der Waals surface area contributed by atoms with Gasteiger partial charge in [0.25, 0.3) is 0 Å². The lowest BCUT2D eigenvalue weighted by Crippen LogP contribution is -2.02. The molecule has 4 rings (SSSR count). The van der Waals surface area contributed by atoms with Crippen LogP contribution in [0.2, 0.25) is 0 Å². The lowest BCUT2D eigenvalue weighted by atomic mass is 10.1. The highest BCUT2D eigenvalue weighted by atomic mass is 19.1. The predicted molar refractivity (Wildman–Crippen MR) is 104 cm³/mol. The molecule has 6 nitrogen and oxygen atoms in total. The van der Waals surface area contributed by atoms with Crippen LogP contribution in [0, 0.1) is 24.1 Å². The van der Waals surface area contributed by atoms with Crippen LogP contribution in [0.25, 0.3) is 5.69 Å². The van der Waals surface area contributed by atoms with Crippen molar-refractivity contribution >= 4 is 11.5 Å². The number of imidazole rings is 1. The van der Waals surface area contributed by atoms with Crippen molar-refractivity contribution in [2.24, 2.45) is 0 Å². The standard InChI is InChI=1S/C21H17FN6/c1-15-12-27(14-24-15)20-7-6-19(10-17(20)11-23)25-21-8-9-28(26-21)13-16-2-4-18(22)5-3-16/h2-10,12,14H,13H2,1H3,(H,25,26). The summed E-state index contributed by atoms with van der Waals surface area (Å²) in [7, 11) is 0. The molecule has 0 unspecified atom stereocenters. The van der Waals surface area contributed by atoms with Gasteiger partial charge in [-0.2, -0.15) is 10.4 Å². The van der Waals surface area contributed by atoms with Crippen LogP contribution in [-0.4, -0.2) is 19.3 Å². The van der Waals surface area contributed by atoms with E-state index in [0.29, 0.717) is 17.9 Å². The summed E-state index contributed by atoms with van der Waals surface area (Å²) in [6.45, 7) is 2.45. The summed E-state index contributed by atoms with van der Waals surface area (Å²) >= 11 is 0. The molecule has 0 saturated heterocycles. The van der Waals surface area contributed by atoms with E-state index in [0.717, 1.165) is 22.6 Å². The number of rotatable bonds is 5. The minimum Gasteiger partial charge on any atom is -0.339 e. The third-order valence-corrected chi connectivity index (χ3v) is 4.28. The highest BCUT2D eigenvalue weighted by Crippen LogP contribution is 2.22. The quantitative estimate of drug-likeness (QED) is 0.570. The van der Waals surface area contributed by atoms with Crippen LogP contribution in [0.4, 0.5) is 15.9 Å². The maximum absolute atomic E-state index is 13.0. The van der Waals surface area contributed by atoms with Gasteiger partial charge in [0, 0.05) is 24.1 Å². The number of benzene rings is 2. The average molecular weight is 372 g/mol. The minimum atomic E-state index is -0.255. The number of nitriles is 1. The second-order valence-electron chi connectivity index (χ2n) is 6.42. The van der Waals surface area contributed by atoms with Crippen LogP contribution in [0.5, 0.6) is 0 Å². The van der Waals surface area contributed by atoms with Gasteiger partial charge in [-0.25, -0.2) is 9.37 Å². The van der Waals surface area contributed by atoms with Crippen molar-refractivity contribution in [3.05, 3.63) is 89.9 Å². The Hall–Kier alpha value is -3.92. The topological polar surface area (TPSA) is 71.5 Å². The number of nitrogens with zero attached hydrogens (tertiary/aromatic N) is 5. The van der Waals surface area contributed by atoms with Crippen molar-refractivity contribution in [2.45, 2.75) is 13.5 Å². The Kier molecular flexibility index (Phi) is 4.60. The van der Waals surface area contributed by atoms with E-state index in [1.165, 1.54) is 12.1 Å². The largest absolute Gasteiger partial charge is 0.339 e. The first kappa shape index (κ1) is 17.5. The molecule has 0 fully saturated rings. The molecule has 2 aromatic heterocycles. The zero-order chi connectivity index (χ0) is 19.5. The number of nitrogens with one attached hydrogen (secondary N) is 1. The van der Waals surface area contributed by atoms with Gasteiger partial charge < -0.3 is 9.88 Å². The first-order valence-electron chi connectivity index (χ1n) is 8.71. The Morgan fingerprint density at radius 3 is 2.68 bits per heavy atom. The molecule has 0 saturated carbocycles. The molecule has 138 valence electrons. The Balaban J connectivity index is 1.51. The van der Waals surface area contributed by atoms with E-state index < -0.39 is 0 Å². The van der Waals surface area contributed by atoms with E-state index in [-0.39, 0.29) is 5.82 Å². The van der Waals surface area contributed by atoms with Gasteiger partial charge in [-0.3, -0.25) is 4.68 Å². The molecule has 1 N–H and O–H groups in total. The molecular weight excluding hydrogens is 355 g/mol. The zero-order valence-electron chi connectivity index (χ0n) is 15.2. The lowest BCUT2D eigenvalue weighted by Gasteiger charge is -2.08. The predicted octanol–water partition coefficient (Wildman–Crippen LogP) is 4.18. The van der Waals surface area contributed by atoms with Gasteiger partial charge in [-0.15, -0.1) is 0 Å². The summed E-state index contributed by atoms with van der Waals surface area (Å²) in [6.07, 6.45) is 5.41.